The molecule has 3 atom stereocenters. The smallest absolute Gasteiger partial charge is 0.243 e. The molecule has 1 heterocycles. The molecule has 1 N–H and O–H groups in total. The van der Waals surface area contributed by atoms with Crippen molar-refractivity contribution < 1.29 is 14.7 Å². The first-order valence-electron chi connectivity index (χ1n) is 9.10. The van der Waals surface area contributed by atoms with E-state index in [-0.39, 0.29) is 24.0 Å². The van der Waals surface area contributed by atoms with Crippen molar-refractivity contribution in [2.24, 2.45) is 11.8 Å². The predicted molar refractivity (Wildman–Crippen MR) is 85.5 cm³/mol. The highest BCUT2D eigenvalue weighted by Gasteiger charge is 2.59. The number of aliphatic hydroxyl groups is 1. The summed E-state index contributed by atoms with van der Waals surface area (Å²) in [6, 6.07) is 1.83. The van der Waals surface area contributed by atoms with Crippen molar-refractivity contribution in [2.75, 3.05) is 13.1 Å². The van der Waals surface area contributed by atoms with Gasteiger partial charge >= 0.3 is 0 Å². The first-order valence-corrected chi connectivity index (χ1v) is 9.10. The standard InChI is InChI=1S/C18H25N3O3/c19-9-15-2-1-3-21(15)16(23)10-20(12-22)17-5-13-4-14(6-17)8-18(24,7-13)11-17/h12-15,24H,1-8,10-11H2/t13?,14?,15-,17?,18?/m0/s1. The van der Waals surface area contributed by atoms with Crippen molar-refractivity contribution in [2.45, 2.75) is 68.5 Å². The van der Waals surface area contributed by atoms with Gasteiger partial charge in [0.1, 0.15) is 12.6 Å². The van der Waals surface area contributed by atoms with Crippen LogP contribution in [0.15, 0.2) is 0 Å². The Balaban J connectivity index is 1.53. The lowest BCUT2D eigenvalue weighted by Crippen LogP contribution is -2.66. The molecule has 1 aliphatic heterocycles. The second-order valence-corrected chi connectivity index (χ2v) is 8.52. The van der Waals surface area contributed by atoms with Gasteiger partial charge in [-0.2, -0.15) is 5.26 Å². The molecule has 0 aromatic heterocycles. The van der Waals surface area contributed by atoms with Crippen molar-refractivity contribution in [1.29, 1.82) is 5.26 Å². The minimum Gasteiger partial charge on any atom is -0.390 e. The van der Waals surface area contributed by atoms with Gasteiger partial charge in [-0.15, -0.1) is 0 Å². The summed E-state index contributed by atoms with van der Waals surface area (Å²) < 4.78 is 0. The van der Waals surface area contributed by atoms with Gasteiger partial charge in [0.25, 0.3) is 0 Å². The summed E-state index contributed by atoms with van der Waals surface area (Å²) in [6.45, 7) is 0.642. The Morgan fingerprint density at radius 3 is 2.62 bits per heavy atom. The van der Waals surface area contributed by atoms with Crippen molar-refractivity contribution >= 4 is 12.3 Å². The molecular formula is C18H25N3O3. The van der Waals surface area contributed by atoms with Crippen molar-refractivity contribution in [3.05, 3.63) is 0 Å². The third kappa shape index (κ3) is 2.41. The molecular weight excluding hydrogens is 306 g/mol. The van der Waals surface area contributed by atoms with Crippen LogP contribution in [0.5, 0.6) is 0 Å². The zero-order valence-electron chi connectivity index (χ0n) is 14.0. The van der Waals surface area contributed by atoms with E-state index in [1.54, 1.807) is 9.80 Å². The third-order valence-corrected chi connectivity index (χ3v) is 6.76. The van der Waals surface area contributed by atoms with Crippen molar-refractivity contribution in [3.8, 4) is 6.07 Å². The number of carbonyl (C=O) groups is 2. The molecule has 4 aliphatic carbocycles. The SMILES string of the molecule is N#C[C@@H]1CCCN1C(=O)CN(C=O)C12CC3CC(CC(O)(C3)C1)C2. The van der Waals surface area contributed by atoms with Gasteiger partial charge in [-0.1, -0.05) is 0 Å². The first-order chi connectivity index (χ1) is 11.5. The van der Waals surface area contributed by atoms with Crippen LogP contribution in [0, 0.1) is 23.2 Å². The van der Waals surface area contributed by atoms with Crippen LogP contribution in [0.3, 0.4) is 0 Å². The fraction of sp³-hybridized carbons (Fsp3) is 0.833. The van der Waals surface area contributed by atoms with Crippen LogP contribution in [-0.2, 0) is 9.59 Å². The molecule has 6 nitrogen and oxygen atoms in total. The Kier molecular flexibility index (Phi) is 3.61. The molecule has 1 saturated heterocycles. The molecule has 6 heteroatoms. The maximum Gasteiger partial charge on any atom is 0.243 e. The van der Waals surface area contributed by atoms with E-state index >= 15 is 0 Å². The van der Waals surface area contributed by atoms with Gasteiger partial charge < -0.3 is 14.9 Å². The number of rotatable bonds is 4. The third-order valence-electron chi connectivity index (χ3n) is 6.76. The minimum atomic E-state index is -0.656. The zero-order valence-corrected chi connectivity index (χ0v) is 14.0. The van der Waals surface area contributed by atoms with Crippen LogP contribution >= 0.6 is 0 Å². The quantitative estimate of drug-likeness (QED) is 0.780. The number of hydrogen-bond acceptors (Lipinski definition) is 4. The number of carbonyl (C=O) groups excluding carboxylic acids is 2. The molecule has 4 saturated carbocycles. The molecule has 5 rings (SSSR count). The Morgan fingerprint density at radius 2 is 2.04 bits per heavy atom. The van der Waals surface area contributed by atoms with Gasteiger partial charge in [-0.25, -0.2) is 0 Å². The Hall–Kier alpha value is -1.61. The minimum absolute atomic E-state index is 0.0389. The largest absolute Gasteiger partial charge is 0.390 e. The molecule has 0 aromatic carbocycles. The molecule has 130 valence electrons. The number of amides is 2. The van der Waals surface area contributed by atoms with E-state index in [2.05, 4.69) is 6.07 Å². The average molecular weight is 331 g/mol. The summed E-state index contributed by atoms with van der Waals surface area (Å²) in [7, 11) is 0. The van der Waals surface area contributed by atoms with E-state index in [0.29, 0.717) is 24.8 Å². The van der Waals surface area contributed by atoms with Crippen molar-refractivity contribution in [3.63, 3.8) is 0 Å². The van der Waals surface area contributed by atoms with E-state index < -0.39 is 5.60 Å². The van der Waals surface area contributed by atoms with Crippen molar-refractivity contribution in [1.82, 2.24) is 9.80 Å². The number of nitrogens with zero attached hydrogens (tertiary/aromatic N) is 3. The molecule has 2 unspecified atom stereocenters. The van der Waals surface area contributed by atoms with E-state index in [9.17, 15) is 20.0 Å². The van der Waals surface area contributed by atoms with E-state index in [0.717, 1.165) is 51.4 Å². The monoisotopic (exact) mass is 331 g/mol. The normalized spacial score (nSPS) is 42.8. The Labute approximate surface area is 142 Å². The lowest BCUT2D eigenvalue weighted by atomic mass is 9.50. The summed E-state index contributed by atoms with van der Waals surface area (Å²) in [5, 5.41) is 20.0. The lowest BCUT2D eigenvalue weighted by Gasteiger charge is -2.62. The summed E-state index contributed by atoms with van der Waals surface area (Å²) >= 11 is 0. The fourth-order valence-electron chi connectivity index (χ4n) is 6.26. The number of likely N-dealkylation sites (tertiary alicyclic amines) is 1. The summed E-state index contributed by atoms with van der Waals surface area (Å²) in [4.78, 5) is 27.8. The van der Waals surface area contributed by atoms with Crippen LogP contribution < -0.4 is 0 Å². The fourth-order valence-corrected chi connectivity index (χ4v) is 6.26. The zero-order chi connectivity index (χ0) is 16.9. The van der Waals surface area contributed by atoms with E-state index in [1.165, 1.54) is 0 Å². The van der Waals surface area contributed by atoms with E-state index in [4.69, 9.17) is 0 Å². The van der Waals surface area contributed by atoms with Gasteiger partial charge in [-0.3, -0.25) is 9.59 Å². The van der Waals surface area contributed by atoms with Gasteiger partial charge in [0.05, 0.1) is 11.7 Å². The van der Waals surface area contributed by atoms with Crippen LogP contribution in [0.4, 0.5) is 0 Å². The lowest BCUT2D eigenvalue weighted by molar-refractivity contribution is -0.180. The van der Waals surface area contributed by atoms with Gasteiger partial charge in [0.2, 0.25) is 12.3 Å². The van der Waals surface area contributed by atoms with Crippen LogP contribution in [0.2, 0.25) is 0 Å². The Morgan fingerprint density at radius 1 is 1.33 bits per heavy atom. The number of nitriles is 1. The van der Waals surface area contributed by atoms with Gasteiger partial charge in [0.15, 0.2) is 0 Å². The predicted octanol–water partition coefficient (Wildman–Crippen LogP) is 1.04. The van der Waals surface area contributed by atoms with Crippen LogP contribution in [-0.4, -0.2) is 57.5 Å². The van der Waals surface area contributed by atoms with Gasteiger partial charge in [-0.05, 0) is 63.2 Å². The highest BCUT2D eigenvalue weighted by molar-refractivity contribution is 5.81. The van der Waals surface area contributed by atoms with Crippen LogP contribution in [0.1, 0.15) is 51.4 Å². The number of hydrogen-bond donors (Lipinski definition) is 1. The molecule has 24 heavy (non-hydrogen) atoms. The highest BCUT2D eigenvalue weighted by atomic mass is 16.3. The molecule has 0 radical (unpaired) electrons. The second-order valence-electron chi connectivity index (χ2n) is 8.52. The maximum atomic E-state index is 12.7. The molecule has 5 fully saturated rings. The summed E-state index contributed by atoms with van der Waals surface area (Å²) in [6.07, 6.45) is 7.60. The van der Waals surface area contributed by atoms with Gasteiger partial charge in [0, 0.05) is 12.1 Å². The summed E-state index contributed by atoms with van der Waals surface area (Å²) in [5.41, 5.74) is -1.02. The highest BCUT2D eigenvalue weighted by Crippen LogP contribution is 2.59. The molecule has 5 aliphatic rings. The topological polar surface area (TPSA) is 84.6 Å². The molecule has 0 spiro atoms. The second kappa shape index (κ2) is 5.45. The summed E-state index contributed by atoms with van der Waals surface area (Å²) in [5.74, 6) is 0.800. The van der Waals surface area contributed by atoms with E-state index in [1.807, 2.05) is 0 Å². The molecule has 4 bridgehead atoms. The average Bonchev–Trinajstić information content (AvgIpc) is 2.98. The first kappa shape index (κ1) is 15.9. The van der Waals surface area contributed by atoms with Crippen LogP contribution in [0.25, 0.3) is 0 Å². The Bertz CT molecular complexity index is 585. The maximum absolute atomic E-state index is 12.7. The molecule has 0 aromatic rings. The molecule has 2 amide bonds.